The van der Waals surface area contributed by atoms with Crippen LogP contribution in [0, 0.1) is 0 Å². The molecule has 0 saturated heterocycles. The van der Waals surface area contributed by atoms with Crippen LogP contribution in [-0.2, 0) is 16.1 Å². The summed E-state index contributed by atoms with van der Waals surface area (Å²) in [6.45, 7) is 2.46. The Morgan fingerprint density at radius 3 is 1.52 bits per heavy atom. The lowest BCUT2D eigenvalue weighted by Gasteiger charge is -2.06. The molecule has 0 atom stereocenters. The zero-order chi connectivity index (χ0) is 21.7. The summed E-state index contributed by atoms with van der Waals surface area (Å²) in [6.07, 6.45) is 23.8. The molecule has 6 heteroatoms. The summed E-state index contributed by atoms with van der Waals surface area (Å²) in [4.78, 5) is 23.6. The average Bonchev–Trinajstić information content (AvgIpc) is 2.75. The third kappa shape index (κ3) is 18.8. The van der Waals surface area contributed by atoms with Gasteiger partial charge in [-0.3, -0.25) is 20.4 Å². The van der Waals surface area contributed by atoms with E-state index in [0.29, 0.717) is 6.42 Å². The lowest BCUT2D eigenvalue weighted by Crippen LogP contribution is -3.00. The highest BCUT2D eigenvalue weighted by Gasteiger charge is 2.09. The highest BCUT2D eigenvalue weighted by Crippen LogP contribution is 2.13. The second-order valence-electron chi connectivity index (χ2n) is 8.34. The highest BCUT2D eigenvalue weighted by atomic mass is 35.5. The molecule has 0 radical (unpaired) electrons. The first-order valence-corrected chi connectivity index (χ1v) is 12.2. The van der Waals surface area contributed by atoms with E-state index in [0.717, 1.165) is 12.8 Å². The number of nitrogens with zero attached hydrogens (tertiary/aromatic N) is 1. The van der Waals surface area contributed by atoms with Gasteiger partial charge in [0.1, 0.15) is 0 Å². The van der Waals surface area contributed by atoms with Crippen molar-refractivity contribution in [2.75, 3.05) is 0 Å². The van der Waals surface area contributed by atoms with Crippen LogP contribution in [-0.4, -0.2) is 11.8 Å². The molecule has 1 aromatic heterocycles. The lowest BCUT2D eigenvalue weighted by atomic mass is 10.0. The van der Waals surface area contributed by atoms with Gasteiger partial charge in [-0.1, -0.05) is 103 Å². The van der Waals surface area contributed by atoms with E-state index in [-0.39, 0.29) is 30.8 Å². The van der Waals surface area contributed by atoms with Crippen LogP contribution in [0.2, 0.25) is 0 Å². The van der Waals surface area contributed by atoms with E-state index in [1.54, 1.807) is 4.57 Å². The zero-order valence-corrected chi connectivity index (χ0v) is 20.3. The predicted octanol–water partition coefficient (Wildman–Crippen LogP) is 2.39. The largest absolute Gasteiger partial charge is 1.00 e. The van der Waals surface area contributed by atoms with Crippen molar-refractivity contribution in [1.29, 1.82) is 0 Å². The van der Waals surface area contributed by atoms with Crippen LogP contribution in [0.4, 0.5) is 0 Å². The molecule has 1 aromatic rings. The van der Waals surface area contributed by atoms with Gasteiger partial charge in [0, 0.05) is 18.6 Å². The number of rotatable bonds is 18. The molecular weight excluding hydrogens is 410 g/mol. The molecule has 0 aliphatic carbocycles. The van der Waals surface area contributed by atoms with Gasteiger partial charge in [0.25, 0.3) is 0 Å². The SMILES string of the molecule is CCCCCCCCCCCCCCCCCC(=O)NNC(=O)C[n+]1ccccc1.[Cl-]. The minimum atomic E-state index is -0.226. The first-order valence-electron chi connectivity index (χ1n) is 12.2. The fourth-order valence-corrected chi connectivity index (χ4v) is 3.60. The molecule has 1 heterocycles. The Balaban J connectivity index is 0.00000900. The zero-order valence-electron chi connectivity index (χ0n) is 19.5. The number of unbranched alkanes of at least 4 members (excludes halogenated alkanes) is 14. The molecule has 31 heavy (non-hydrogen) atoms. The molecule has 0 fully saturated rings. The van der Waals surface area contributed by atoms with Crippen LogP contribution in [0.15, 0.2) is 30.6 Å². The molecule has 5 nitrogen and oxygen atoms in total. The Morgan fingerprint density at radius 2 is 1.03 bits per heavy atom. The maximum absolute atomic E-state index is 11.8. The van der Waals surface area contributed by atoms with Crippen LogP contribution in [0.25, 0.3) is 0 Å². The summed E-state index contributed by atoms with van der Waals surface area (Å²) < 4.78 is 1.76. The molecule has 0 saturated carbocycles. The first-order chi connectivity index (χ1) is 14.7. The molecule has 0 aliphatic rings. The monoisotopic (exact) mass is 453 g/mol. The van der Waals surface area contributed by atoms with Crippen molar-refractivity contribution in [3.8, 4) is 0 Å². The van der Waals surface area contributed by atoms with Gasteiger partial charge in [-0.25, -0.2) is 0 Å². The maximum atomic E-state index is 11.8. The fraction of sp³-hybridized carbons (Fsp3) is 0.720. The minimum Gasteiger partial charge on any atom is -1.00 e. The van der Waals surface area contributed by atoms with E-state index in [2.05, 4.69) is 17.8 Å². The molecule has 178 valence electrons. The van der Waals surface area contributed by atoms with E-state index in [4.69, 9.17) is 0 Å². The van der Waals surface area contributed by atoms with Gasteiger partial charge in [0.15, 0.2) is 12.4 Å². The van der Waals surface area contributed by atoms with E-state index >= 15 is 0 Å². The molecule has 2 N–H and O–H groups in total. The Labute approximate surface area is 196 Å². The standard InChI is InChI=1S/C25H43N3O2.ClH/c1-2-3-4-5-6-7-8-9-10-11-12-13-14-15-17-20-24(29)26-27-25(30)23-28-21-18-16-19-22-28;/h16,18-19,21-22H,2-15,17,20,23H2,1H3,(H-,26,27,29,30);1H. The van der Waals surface area contributed by atoms with Crippen molar-refractivity contribution in [3.05, 3.63) is 30.6 Å². The quantitative estimate of drug-likeness (QED) is 0.204. The third-order valence-corrected chi connectivity index (χ3v) is 5.45. The fourth-order valence-electron chi connectivity index (χ4n) is 3.60. The van der Waals surface area contributed by atoms with Crippen molar-refractivity contribution in [2.45, 2.75) is 116 Å². The van der Waals surface area contributed by atoms with Crippen molar-refractivity contribution in [2.24, 2.45) is 0 Å². The summed E-state index contributed by atoms with van der Waals surface area (Å²) in [5.41, 5.74) is 4.97. The van der Waals surface area contributed by atoms with Gasteiger partial charge in [-0.2, -0.15) is 4.57 Å². The molecule has 0 unspecified atom stereocenters. The number of hydrazine groups is 1. The smallest absolute Gasteiger partial charge is 0.304 e. The number of hydrogen-bond donors (Lipinski definition) is 2. The summed E-state index contributed by atoms with van der Waals surface area (Å²) in [7, 11) is 0. The van der Waals surface area contributed by atoms with Crippen molar-refractivity contribution < 1.29 is 26.6 Å². The Morgan fingerprint density at radius 1 is 0.613 bits per heavy atom. The van der Waals surface area contributed by atoms with Gasteiger partial charge in [-0.05, 0) is 6.42 Å². The van der Waals surface area contributed by atoms with E-state index < -0.39 is 0 Å². The summed E-state index contributed by atoms with van der Waals surface area (Å²) in [6, 6.07) is 5.62. The second-order valence-corrected chi connectivity index (χ2v) is 8.34. The number of pyridine rings is 1. The maximum Gasteiger partial charge on any atom is 0.304 e. The number of nitrogens with one attached hydrogen (secondary N) is 2. The van der Waals surface area contributed by atoms with Crippen molar-refractivity contribution >= 4 is 11.8 Å². The third-order valence-electron chi connectivity index (χ3n) is 5.45. The normalized spacial score (nSPS) is 10.4. The van der Waals surface area contributed by atoms with Crippen LogP contribution in [0.5, 0.6) is 0 Å². The summed E-state index contributed by atoms with van der Waals surface area (Å²) >= 11 is 0. The van der Waals surface area contributed by atoms with E-state index in [9.17, 15) is 9.59 Å². The molecule has 0 aromatic carbocycles. The topological polar surface area (TPSA) is 62.1 Å². The predicted molar refractivity (Wildman–Crippen MR) is 122 cm³/mol. The van der Waals surface area contributed by atoms with Crippen molar-refractivity contribution in [1.82, 2.24) is 10.9 Å². The number of carbonyl (C=O) groups excluding carboxylic acids is 2. The Bertz CT molecular complexity index is 555. The molecule has 0 bridgehead atoms. The number of hydrogen-bond acceptors (Lipinski definition) is 2. The number of carbonyl (C=O) groups is 2. The van der Waals surface area contributed by atoms with Gasteiger partial charge in [-0.15, -0.1) is 0 Å². The second kappa shape index (κ2) is 21.6. The molecule has 2 amide bonds. The number of amides is 2. The van der Waals surface area contributed by atoms with E-state index in [1.165, 1.54) is 83.5 Å². The molecule has 0 spiro atoms. The van der Waals surface area contributed by atoms with Gasteiger partial charge >= 0.3 is 5.91 Å². The summed E-state index contributed by atoms with van der Waals surface area (Å²) in [5, 5.41) is 0. The minimum absolute atomic E-state index is 0. The van der Waals surface area contributed by atoms with Crippen LogP contribution in [0.3, 0.4) is 0 Å². The molecular formula is C25H44ClN3O2. The van der Waals surface area contributed by atoms with Gasteiger partial charge in [0.2, 0.25) is 12.5 Å². The van der Waals surface area contributed by atoms with Gasteiger partial charge < -0.3 is 12.4 Å². The first kappa shape index (κ1) is 29.4. The average molecular weight is 454 g/mol. The van der Waals surface area contributed by atoms with Crippen LogP contribution < -0.4 is 27.8 Å². The van der Waals surface area contributed by atoms with E-state index in [1.807, 2.05) is 30.6 Å². The van der Waals surface area contributed by atoms with Crippen LogP contribution in [0.1, 0.15) is 110 Å². The molecule has 0 aliphatic heterocycles. The number of halogens is 1. The van der Waals surface area contributed by atoms with Gasteiger partial charge in [0.05, 0.1) is 0 Å². The van der Waals surface area contributed by atoms with Crippen LogP contribution >= 0.6 is 0 Å². The Hall–Kier alpha value is -1.62. The Kier molecular flexibility index (Phi) is 20.5. The number of aromatic nitrogens is 1. The molecule has 1 rings (SSSR count). The summed E-state index contributed by atoms with van der Waals surface area (Å²) in [5.74, 6) is -0.341. The highest BCUT2D eigenvalue weighted by molar-refractivity contribution is 5.81. The van der Waals surface area contributed by atoms with Crippen molar-refractivity contribution in [3.63, 3.8) is 0 Å². The lowest BCUT2D eigenvalue weighted by molar-refractivity contribution is -0.684.